The van der Waals surface area contributed by atoms with Crippen molar-refractivity contribution in [3.8, 4) is 0 Å². The lowest BCUT2D eigenvalue weighted by Gasteiger charge is -2.29. The van der Waals surface area contributed by atoms with Crippen LogP contribution >= 0.6 is 0 Å². The number of carbonyl (C=O) groups is 1. The maximum atomic E-state index is 12.3. The fraction of sp³-hybridized carbons (Fsp3) is 0.615. The van der Waals surface area contributed by atoms with Crippen molar-refractivity contribution in [1.29, 1.82) is 0 Å². The first-order chi connectivity index (χ1) is 7.70. The molecule has 0 aromatic heterocycles. The van der Waals surface area contributed by atoms with E-state index in [-0.39, 0.29) is 5.91 Å². The molecule has 0 radical (unpaired) electrons. The predicted octanol–water partition coefficient (Wildman–Crippen LogP) is 1.90. The van der Waals surface area contributed by atoms with E-state index in [1.165, 1.54) is 11.1 Å². The largest absolute Gasteiger partial charge is 0.378 e. The number of ether oxygens (including phenoxy) is 1. The highest BCUT2D eigenvalue weighted by atomic mass is 16.5. The summed E-state index contributed by atoms with van der Waals surface area (Å²) in [4.78, 5) is 14.2. The highest BCUT2D eigenvalue weighted by Crippen LogP contribution is 2.26. The van der Waals surface area contributed by atoms with E-state index in [0.717, 1.165) is 31.5 Å². The first-order valence-electron chi connectivity index (χ1n) is 5.94. The Morgan fingerprint density at radius 2 is 2.00 bits per heavy atom. The van der Waals surface area contributed by atoms with Gasteiger partial charge in [-0.2, -0.15) is 0 Å². The van der Waals surface area contributed by atoms with Gasteiger partial charge in [-0.05, 0) is 32.3 Å². The topological polar surface area (TPSA) is 29.5 Å². The molecule has 2 aliphatic rings. The quantitative estimate of drug-likeness (QED) is 0.677. The van der Waals surface area contributed by atoms with E-state index in [2.05, 4.69) is 19.9 Å². The van der Waals surface area contributed by atoms with Gasteiger partial charge in [0, 0.05) is 18.7 Å². The molecule has 16 heavy (non-hydrogen) atoms. The maximum Gasteiger partial charge on any atom is 0.250 e. The lowest BCUT2D eigenvalue weighted by Crippen LogP contribution is -2.41. The smallest absolute Gasteiger partial charge is 0.250 e. The minimum atomic E-state index is 0.216. The molecule has 0 atom stereocenters. The molecule has 1 amide bonds. The Morgan fingerprint density at radius 3 is 2.69 bits per heavy atom. The number of amides is 1. The van der Waals surface area contributed by atoms with Crippen molar-refractivity contribution < 1.29 is 9.53 Å². The molecule has 1 heterocycles. The lowest BCUT2D eigenvalue weighted by molar-refractivity contribution is -0.131. The van der Waals surface area contributed by atoms with Crippen LogP contribution in [0.1, 0.15) is 26.7 Å². The number of carbonyl (C=O) groups excluding carboxylic acids is 1. The van der Waals surface area contributed by atoms with Crippen molar-refractivity contribution in [2.75, 3.05) is 26.3 Å². The number of rotatable bonds is 1. The van der Waals surface area contributed by atoms with Crippen LogP contribution in [0.15, 0.2) is 22.8 Å². The van der Waals surface area contributed by atoms with Crippen molar-refractivity contribution in [1.82, 2.24) is 4.90 Å². The fourth-order valence-electron chi connectivity index (χ4n) is 2.24. The normalized spacial score (nSPS) is 22.1. The summed E-state index contributed by atoms with van der Waals surface area (Å²) in [7, 11) is 0. The molecular weight excluding hydrogens is 202 g/mol. The van der Waals surface area contributed by atoms with E-state index < -0.39 is 0 Å². The third-order valence-electron chi connectivity index (χ3n) is 3.45. The summed E-state index contributed by atoms with van der Waals surface area (Å²) < 4.78 is 5.26. The molecule has 0 N–H and O–H groups in total. The van der Waals surface area contributed by atoms with Gasteiger partial charge in [0.2, 0.25) is 5.91 Å². The standard InChI is InChI=1S/C13H19NO2/c1-10-4-3-5-12(11(10)2)13(15)14-6-8-16-9-7-14/h4H,3,5-9H2,1-2H3. The van der Waals surface area contributed by atoms with Crippen LogP contribution in [-0.2, 0) is 9.53 Å². The van der Waals surface area contributed by atoms with Crippen LogP contribution in [0.4, 0.5) is 0 Å². The minimum absolute atomic E-state index is 0.216. The van der Waals surface area contributed by atoms with E-state index >= 15 is 0 Å². The van der Waals surface area contributed by atoms with Crippen LogP contribution < -0.4 is 0 Å². The molecule has 3 nitrogen and oxygen atoms in total. The van der Waals surface area contributed by atoms with Crippen LogP contribution in [0.3, 0.4) is 0 Å². The van der Waals surface area contributed by atoms with Crippen LogP contribution in [0.25, 0.3) is 0 Å². The predicted molar refractivity (Wildman–Crippen MR) is 63.1 cm³/mol. The number of nitrogens with zero attached hydrogens (tertiary/aromatic N) is 1. The second kappa shape index (κ2) is 4.83. The average molecular weight is 221 g/mol. The summed E-state index contributed by atoms with van der Waals surface area (Å²) in [6, 6.07) is 0. The average Bonchev–Trinajstić information content (AvgIpc) is 2.33. The summed E-state index contributed by atoms with van der Waals surface area (Å²) in [5, 5.41) is 0. The molecule has 0 spiro atoms. The van der Waals surface area contributed by atoms with Gasteiger partial charge in [0.05, 0.1) is 13.2 Å². The van der Waals surface area contributed by atoms with Crippen molar-refractivity contribution in [2.45, 2.75) is 26.7 Å². The van der Waals surface area contributed by atoms with Crippen molar-refractivity contribution in [3.63, 3.8) is 0 Å². The highest BCUT2D eigenvalue weighted by molar-refractivity contribution is 5.95. The molecule has 0 bridgehead atoms. The Labute approximate surface area is 96.8 Å². The van der Waals surface area contributed by atoms with Gasteiger partial charge in [-0.1, -0.05) is 11.6 Å². The summed E-state index contributed by atoms with van der Waals surface area (Å²) in [5.74, 6) is 0.216. The number of hydrogen-bond donors (Lipinski definition) is 0. The molecule has 0 aromatic rings. The van der Waals surface area contributed by atoms with Gasteiger partial charge in [-0.25, -0.2) is 0 Å². The second-order valence-electron chi connectivity index (χ2n) is 4.43. The molecule has 0 aromatic carbocycles. The highest BCUT2D eigenvalue weighted by Gasteiger charge is 2.23. The Kier molecular flexibility index (Phi) is 3.44. The molecule has 1 fully saturated rings. The molecule has 0 unspecified atom stereocenters. The Bertz CT molecular complexity index is 349. The Balaban J connectivity index is 2.14. The van der Waals surface area contributed by atoms with E-state index in [4.69, 9.17) is 4.74 Å². The summed E-state index contributed by atoms with van der Waals surface area (Å²) in [6.45, 7) is 6.95. The molecule has 88 valence electrons. The lowest BCUT2D eigenvalue weighted by atomic mass is 9.92. The van der Waals surface area contributed by atoms with Crippen molar-refractivity contribution >= 4 is 5.91 Å². The molecular formula is C13H19NO2. The molecule has 1 saturated heterocycles. The number of morpholine rings is 1. The molecule has 3 heteroatoms. The molecule has 1 aliphatic carbocycles. The zero-order chi connectivity index (χ0) is 11.5. The first-order valence-corrected chi connectivity index (χ1v) is 5.94. The van der Waals surface area contributed by atoms with Crippen LogP contribution in [0.5, 0.6) is 0 Å². The van der Waals surface area contributed by atoms with E-state index in [1.54, 1.807) is 0 Å². The van der Waals surface area contributed by atoms with Gasteiger partial charge in [0.25, 0.3) is 0 Å². The summed E-state index contributed by atoms with van der Waals surface area (Å²) >= 11 is 0. The van der Waals surface area contributed by atoms with Gasteiger partial charge < -0.3 is 9.64 Å². The monoisotopic (exact) mass is 221 g/mol. The van der Waals surface area contributed by atoms with Gasteiger partial charge in [-0.3, -0.25) is 4.79 Å². The zero-order valence-electron chi connectivity index (χ0n) is 10.1. The minimum Gasteiger partial charge on any atom is -0.378 e. The number of allylic oxidation sites excluding steroid dienone is 3. The summed E-state index contributed by atoms with van der Waals surface area (Å²) in [5.41, 5.74) is 3.42. The third-order valence-corrected chi connectivity index (χ3v) is 3.45. The Hall–Kier alpha value is -1.09. The SMILES string of the molecule is CC1=CCCC(C(=O)N2CCOCC2)=C1C. The number of hydrogen-bond acceptors (Lipinski definition) is 2. The molecule has 2 rings (SSSR count). The fourth-order valence-corrected chi connectivity index (χ4v) is 2.24. The zero-order valence-corrected chi connectivity index (χ0v) is 10.1. The second-order valence-corrected chi connectivity index (χ2v) is 4.43. The third kappa shape index (κ3) is 2.19. The molecule has 1 aliphatic heterocycles. The van der Waals surface area contributed by atoms with E-state index in [9.17, 15) is 4.79 Å². The van der Waals surface area contributed by atoms with Crippen LogP contribution in [0, 0.1) is 0 Å². The van der Waals surface area contributed by atoms with Gasteiger partial charge in [0.15, 0.2) is 0 Å². The maximum absolute atomic E-state index is 12.3. The Morgan fingerprint density at radius 1 is 1.31 bits per heavy atom. The van der Waals surface area contributed by atoms with Crippen molar-refractivity contribution in [2.24, 2.45) is 0 Å². The van der Waals surface area contributed by atoms with Gasteiger partial charge in [0.1, 0.15) is 0 Å². The van der Waals surface area contributed by atoms with Crippen LogP contribution in [-0.4, -0.2) is 37.1 Å². The van der Waals surface area contributed by atoms with E-state index in [0.29, 0.717) is 13.2 Å². The van der Waals surface area contributed by atoms with Crippen LogP contribution in [0.2, 0.25) is 0 Å². The van der Waals surface area contributed by atoms with Gasteiger partial charge in [-0.15, -0.1) is 0 Å². The molecule has 0 saturated carbocycles. The summed E-state index contributed by atoms with van der Waals surface area (Å²) in [6.07, 6.45) is 4.10. The van der Waals surface area contributed by atoms with E-state index in [1.807, 2.05) is 4.90 Å². The van der Waals surface area contributed by atoms with Gasteiger partial charge >= 0.3 is 0 Å². The van der Waals surface area contributed by atoms with Crippen molar-refractivity contribution in [3.05, 3.63) is 22.8 Å². The first kappa shape index (κ1) is 11.4.